The van der Waals surface area contributed by atoms with Gasteiger partial charge >= 0.3 is 0 Å². The number of hydrogen-bond acceptors (Lipinski definition) is 5. The minimum absolute atomic E-state index is 0.0327. The van der Waals surface area contributed by atoms with Gasteiger partial charge in [-0.2, -0.15) is 0 Å². The molecular formula is C18H20N4O3. The summed E-state index contributed by atoms with van der Waals surface area (Å²) in [4.78, 5) is 37.3. The van der Waals surface area contributed by atoms with Crippen LogP contribution < -0.4 is 0 Å². The Morgan fingerprint density at radius 2 is 2.08 bits per heavy atom. The second kappa shape index (κ2) is 5.68. The molecule has 2 aromatic rings. The Morgan fingerprint density at radius 3 is 2.76 bits per heavy atom. The van der Waals surface area contributed by atoms with Crippen LogP contribution in [0.15, 0.2) is 29.0 Å². The fourth-order valence-electron chi connectivity index (χ4n) is 3.93. The molecule has 0 aromatic carbocycles. The van der Waals surface area contributed by atoms with Crippen molar-refractivity contribution in [3.63, 3.8) is 0 Å². The Labute approximate surface area is 145 Å². The molecule has 2 aromatic heterocycles. The maximum Gasteiger partial charge on any atom is 0.289 e. The minimum Gasteiger partial charge on any atom is -0.459 e. The first-order chi connectivity index (χ1) is 12.0. The molecule has 0 atom stereocenters. The molecule has 130 valence electrons. The average Bonchev–Trinajstić information content (AvgIpc) is 3.15. The third kappa shape index (κ3) is 2.50. The van der Waals surface area contributed by atoms with Crippen molar-refractivity contribution >= 4 is 11.8 Å². The molecule has 1 saturated heterocycles. The molecular weight excluding hydrogens is 320 g/mol. The molecule has 4 rings (SSSR count). The number of hydrogen-bond donors (Lipinski definition) is 0. The summed E-state index contributed by atoms with van der Waals surface area (Å²) in [7, 11) is 1.81. The number of carbonyl (C=O) groups is 2. The Hall–Kier alpha value is -2.70. The van der Waals surface area contributed by atoms with Crippen molar-refractivity contribution in [2.24, 2.45) is 0 Å². The van der Waals surface area contributed by atoms with Crippen molar-refractivity contribution in [1.82, 2.24) is 19.8 Å². The van der Waals surface area contributed by atoms with Crippen LogP contribution >= 0.6 is 0 Å². The topological polar surface area (TPSA) is 79.5 Å². The number of fused-ring (bicyclic) bond motifs is 2. The van der Waals surface area contributed by atoms with Crippen LogP contribution in [0.25, 0.3) is 0 Å². The van der Waals surface area contributed by atoms with E-state index in [4.69, 9.17) is 4.42 Å². The number of likely N-dealkylation sites (tertiary alicyclic amines) is 1. The minimum atomic E-state index is -0.217. The largest absolute Gasteiger partial charge is 0.459 e. The number of rotatable bonds is 1. The number of carbonyl (C=O) groups excluding carboxylic acids is 2. The molecule has 4 heterocycles. The normalized spacial score (nSPS) is 19.2. The summed E-state index contributed by atoms with van der Waals surface area (Å²) in [6, 6.07) is 3.40. The fraction of sp³-hybridized carbons (Fsp3) is 0.444. The van der Waals surface area contributed by atoms with E-state index in [2.05, 4.69) is 9.97 Å². The second-order valence-electron chi connectivity index (χ2n) is 6.89. The highest BCUT2D eigenvalue weighted by molar-refractivity contribution is 5.96. The Bertz CT molecular complexity index is 823. The quantitative estimate of drug-likeness (QED) is 0.788. The summed E-state index contributed by atoms with van der Waals surface area (Å²) >= 11 is 0. The Kier molecular flexibility index (Phi) is 3.59. The first-order valence-electron chi connectivity index (χ1n) is 8.42. The van der Waals surface area contributed by atoms with Crippen LogP contribution in [0.1, 0.15) is 45.3 Å². The highest BCUT2D eigenvalue weighted by atomic mass is 16.3. The van der Waals surface area contributed by atoms with Crippen LogP contribution in [0.3, 0.4) is 0 Å². The molecule has 7 nitrogen and oxygen atoms in total. The second-order valence-corrected chi connectivity index (χ2v) is 6.89. The third-order valence-corrected chi connectivity index (χ3v) is 5.27. The summed E-state index contributed by atoms with van der Waals surface area (Å²) in [5.41, 5.74) is 1.21. The van der Waals surface area contributed by atoms with Crippen LogP contribution in [0.2, 0.25) is 0 Å². The Balaban J connectivity index is 1.62. The van der Waals surface area contributed by atoms with E-state index < -0.39 is 0 Å². The molecule has 2 aliphatic rings. The molecule has 0 unspecified atom stereocenters. The summed E-state index contributed by atoms with van der Waals surface area (Å²) in [6.45, 7) is 3.69. The number of aryl methyl sites for hydroxylation is 1. The van der Waals surface area contributed by atoms with Gasteiger partial charge < -0.3 is 14.2 Å². The van der Waals surface area contributed by atoms with E-state index in [0.29, 0.717) is 36.8 Å². The third-order valence-electron chi connectivity index (χ3n) is 5.27. The predicted octanol–water partition coefficient (Wildman–Crippen LogP) is 1.64. The molecule has 25 heavy (non-hydrogen) atoms. The standard InChI is InChI=1S/C18H20N4O3/c1-12-19-10-13-15(20-12)18(11-21(2)16(13)23)5-7-22(8-6-18)17(24)14-4-3-9-25-14/h3-4,9-10H,5-8,11H2,1-2H3. The summed E-state index contributed by atoms with van der Waals surface area (Å²) in [5.74, 6) is 0.920. The lowest BCUT2D eigenvalue weighted by Gasteiger charge is -2.46. The average molecular weight is 340 g/mol. The molecule has 1 spiro atoms. The van der Waals surface area contributed by atoms with Gasteiger partial charge in [0.1, 0.15) is 5.82 Å². The lowest BCUT2D eigenvalue weighted by Crippen LogP contribution is -2.54. The zero-order valence-electron chi connectivity index (χ0n) is 14.4. The molecule has 0 saturated carbocycles. The van der Waals surface area contributed by atoms with E-state index in [-0.39, 0.29) is 17.2 Å². The van der Waals surface area contributed by atoms with Crippen molar-refractivity contribution in [3.05, 3.63) is 47.4 Å². The summed E-state index contributed by atoms with van der Waals surface area (Å²) < 4.78 is 5.22. The molecule has 0 aliphatic carbocycles. The van der Waals surface area contributed by atoms with Gasteiger partial charge in [-0.1, -0.05) is 0 Å². The van der Waals surface area contributed by atoms with E-state index in [1.165, 1.54) is 6.26 Å². The molecule has 0 radical (unpaired) electrons. The molecule has 1 fully saturated rings. The van der Waals surface area contributed by atoms with Crippen molar-refractivity contribution in [2.75, 3.05) is 26.7 Å². The van der Waals surface area contributed by atoms with E-state index in [9.17, 15) is 9.59 Å². The summed E-state index contributed by atoms with van der Waals surface area (Å²) in [5, 5.41) is 0. The lowest BCUT2D eigenvalue weighted by molar-refractivity contribution is 0.0522. The number of amides is 2. The Morgan fingerprint density at radius 1 is 1.32 bits per heavy atom. The monoisotopic (exact) mass is 340 g/mol. The lowest BCUT2D eigenvalue weighted by atomic mass is 9.71. The van der Waals surface area contributed by atoms with Gasteiger partial charge in [0, 0.05) is 38.3 Å². The smallest absolute Gasteiger partial charge is 0.289 e. The zero-order chi connectivity index (χ0) is 17.6. The van der Waals surface area contributed by atoms with Gasteiger partial charge in [0.2, 0.25) is 0 Å². The number of nitrogens with zero attached hydrogens (tertiary/aromatic N) is 4. The van der Waals surface area contributed by atoms with E-state index >= 15 is 0 Å². The molecule has 2 amide bonds. The first-order valence-corrected chi connectivity index (χ1v) is 8.42. The number of likely N-dealkylation sites (N-methyl/N-ethyl adjacent to an activating group) is 1. The molecule has 0 N–H and O–H groups in total. The maximum atomic E-state index is 12.5. The maximum absolute atomic E-state index is 12.5. The van der Waals surface area contributed by atoms with Gasteiger partial charge in [0.05, 0.1) is 17.5 Å². The van der Waals surface area contributed by atoms with Gasteiger partial charge in [-0.25, -0.2) is 9.97 Å². The number of aromatic nitrogens is 2. The zero-order valence-corrected chi connectivity index (χ0v) is 14.4. The van der Waals surface area contributed by atoms with Crippen LogP contribution in [0.4, 0.5) is 0 Å². The molecule has 2 aliphatic heterocycles. The van der Waals surface area contributed by atoms with E-state index in [1.807, 2.05) is 18.9 Å². The van der Waals surface area contributed by atoms with Crippen molar-refractivity contribution < 1.29 is 14.0 Å². The van der Waals surface area contributed by atoms with Crippen LogP contribution in [-0.4, -0.2) is 58.3 Å². The van der Waals surface area contributed by atoms with Crippen LogP contribution in [0.5, 0.6) is 0 Å². The van der Waals surface area contributed by atoms with E-state index in [1.54, 1.807) is 23.2 Å². The van der Waals surface area contributed by atoms with Crippen molar-refractivity contribution in [3.8, 4) is 0 Å². The van der Waals surface area contributed by atoms with E-state index in [0.717, 1.165) is 18.5 Å². The predicted molar refractivity (Wildman–Crippen MR) is 89.3 cm³/mol. The number of furan rings is 1. The van der Waals surface area contributed by atoms with Gasteiger partial charge in [-0.05, 0) is 31.9 Å². The highest BCUT2D eigenvalue weighted by Crippen LogP contribution is 2.40. The molecule has 7 heteroatoms. The SMILES string of the molecule is Cc1ncc2c(n1)C1(CCN(C(=O)c3ccco3)CC1)CN(C)C2=O. The van der Waals surface area contributed by atoms with Gasteiger partial charge in [-0.15, -0.1) is 0 Å². The van der Waals surface area contributed by atoms with Gasteiger partial charge in [-0.3, -0.25) is 9.59 Å². The van der Waals surface area contributed by atoms with Crippen molar-refractivity contribution in [2.45, 2.75) is 25.2 Å². The van der Waals surface area contributed by atoms with Gasteiger partial charge in [0.25, 0.3) is 11.8 Å². The molecule has 0 bridgehead atoms. The van der Waals surface area contributed by atoms with Gasteiger partial charge in [0.15, 0.2) is 5.76 Å². The number of piperidine rings is 1. The van der Waals surface area contributed by atoms with Crippen LogP contribution in [0, 0.1) is 6.92 Å². The van der Waals surface area contributed by atoms with Crippen LogP contribution in [-0.2, 0) is 5.41 Å². The first kappa shape index (κ1) is 15.8. The highest BCUT2D eigenvalue weighted by Gasteiger charge is 2.46. The summed E-state index contributed by atoms with van der Waals surface area (Å²) in [6.07, 6.45) is 4.68. The van der Waals surface area contributed by atoms with Crippen molar-refractivity contribution in [1.29, 1.82) is 0 Å². The fourth-order valence-corrected chi connectivity index (χ4v) is 3.93.